The molecule has 0 radical (unpaired) electrons. The highest BCUT2D eigenvalue weighted by Gasteiger charge is 2.34. The van der Waals surface area contributed by atoms with Gasteiger partial charge < -0.3 is 19.0 Å². The molecule has 0 spiro atoms. The molecule has 0 fully saturated rings. The van der Waals surface area contributed by atoms with Crippen LogP contribution in [0.5, 0.6) is 5.75 Å². The average Bonchev–Trinajstić information content (AvgIpc) is 3.80. The van der Waals surface area contributed by atoms with Crippen molar-refractivity contribution in [3.8, 4) is 5.75 Å². The van der Waals surface area contributed by atoms with Crippen molar-refractivity contribution in [2.24, 2.45) is 0 Å². The van der Waals surface area contributed by atoms with E-state index in [9.17, 15) is 0 Å². The van der Waals surface area contributed by atoms with E-state index < -0.39 is 0 Å². The number of fused-ring (bicyclic) bond motifs is 7. The fourth-order valence-corrected chi connectivity index (χ4v) is 9.72. The third-order valence-corrected chi connectivity index (χ3v) is 13.8. The van der Waals surface area contributed by atoms with E-state index in [0.717, 1.165) is 73.8 Å². The molecule has 0 saturated carbocycles. The zero-order valence-corrected chi connectivity index (χ0v) is 40.9. The van der Waals surface area contributed by atoms with E-state index in [1.165, 1.54) is 39.0 Å². The Kier molecular flexibility index (Phi) is 10.2. The number of benzene rings is 7. The molecule has 334 valence electrons. The molecule has 1 aliphatic carbocycles. The summed E-state index contributed by atoms with van der Waals surface area (Å²) in [7, 11) is 0. The first-order chi connectivity index (χ1) is 31.2. The van der Waals surface area contributed by atoms with Crippen LogP contribution in [-0.2, 0) is 28.1 Å². The topological polar surface area (TPSA) is 28.9 Å². The summed E-state index contributed by atoms with van der Waals surface area (Å²) in [5.41, 5.74) is 18.7. The van der Waals surface area contributed by atoms with Crippen molar-refractivity contribution in [2.75, 3.05) is 9.80 Å². The van der Waals surface area contributed by atoms with Crippen LogP contribution in [-0.4, -0.2) is 6.10 Å². The van der Waals surface area contributed by atoms with Gasteiger partial charge in [0.05, 0.1) is 0 Å². The van der Waals surface area contributed by atoms with Crippen LogP contribution in [0.2, 0.25) is 0 Å². The smallest absolute Gasteiger partial charge is 0.137 e. The first-order valence-corrected chi connectivity index (χ1v) is 23.7. The highest BCUT2D eigenvalue weighted by atomic mass is 16.5. The minimum atomic E-state index is -0.0651. The Hall–Kier alpha value is -6.52. The molecule has 0 amide bonds. The molecule has 8 aromatic rings. The lowest BCUT2D eigenvalue weighted by atomic mass is 9.86. The fraction of sp³-hybridized carbons (Fsp3) is 0.290. The van der Waals surface area contributed by atoms with Gasteiger partial charge in [-0.15, -0.1) is 0 Å². The third kappa shape index (κ3) is 7.99. The minimum Gasteiger partial charge on any atom is -0.485 e. The molecule has 1 aromatic heterocycles. The number of ether oxygens (including phenoxy) is 1. The van der Waals surface area contributed by atoms with Gasteiger partial charge >= 0.3 is 0 Å². The molecule has 1 aliphatic heterocycles. The lowest BCUT2D eigenvalue weighted by Gasteiger charge is -2.28. The highest BCUT2D eigenvalue weighted by molar-refractivity contribution is 6.08. The summed E-state index contributed by atoms with van der Waals surface area (Å²) in [6.07, 6.45) is 3.06. The van der Waals surface area contributed by atoms with Gasteiger partial charge in [0.25, 0.3) is 0 Å². The Balaban J connectivity index is 0.994. The molecule has 10 rings (SSSR count). The van der Waals surface area contributed by atoms with E-state index in [-0.39, 0.29) is 27.8 Å². The lowest BCUT2D eigenvalue weighted by molar-refractivity contribution is 0.276. The number of nitrogens with zero attached hydrogens (tertiary/aromatic N) is 2. The monoisotopic (exact) mass is 868 g/mol. The first-order valence-electron chi connectivity index (χ1n) is 23.7. The summed E-state index contributed by atoms with van der Waals surface area (Å²) in [6, 6.07) is 54.0. The van der Waals surface area contributed by atoms with Gasteiger partial charge in [-0.2, -0.15) is 0 Å². The van der Waals surface area contributed by atoms with Gasteiger partial charge in [0, 0.05) is 74.6 Å². The average molecular weight is 869 g/mol. The molecule has 66 heavy (non-hydrogen) atoms. The van der Waals surface area contributed by atoms with E-state index in [4.69, 9.17) is 9.15 Å². The van der Waals surface area contributed by atoms with E-state index >= 15 is 0 Å². The van der Waals surface area contributed by atoms with Crippen molar-refractivity contribution in [2.45, 2.75) is 117 Å². The van der Waals surface area contributed by atoms with Gasteiger partial charge in [-0.05, 0) is 146 Å². The van der Waals surface area contributed by atoms with Crippen molar-refractivity contribution >= 4 is 67.7 Å². The van der Waals surface area contributed by atoms with Gasteiger partial charge in [0.15, 0.2) is 0 Å². The normalized spacial score (nSPS) is 15.0. The fourth-order valence-electron chi connectivity index (χ4n) is 9.72. The molecule has 2 heterocycles. The molecule has 0 N–H and O–H groups in total. The molecule has 1 unspecified atom stereocenters. The molecular formula is C62H64N2O2. The Morgan fingerprint density at radius 3 is 1.24 bits per heavy atom. The molecule has 1 atom stereocenters. The second-order valence-electron chi connectivity index (χ2n) is 22.8. The van der Waals surface area contributed by atoms with Gasteiger partial charge in [0.2, 0.25) is 0 Å². The summed E-state index contributed by atoms with van der Waals surface area (Å²) >= 11 is 0. The maximum Gasteiger partial charge on any atom is 0.137 e. The van der Waals surface area contributed by atoms with Gasteiger partial charge in [0.1, 0.15) is 23.0 Å². The molecular weight excluding hydrogens is 805 g/mol. The summed E-state index contributed by atoms with van der Waals surface area (Å²) in [5, 5.41) is 2.24. The van der Waals surface area contributed by atoms with Gasteiger partial charge in [-0.3, -0.25) is 0 Å². The van der Waals surface area contributed by atoms with Crippen molar-refractivity contribution in [1.29, 1.82) is 0 Å². The Morgan fingerprint density at radius 1 is 0.409 bits per heavy atom. The molecule has 0 saturated heterocycles. The summed E-state index contributed by atoms with van der Waals surface area (Å²) in [5.74, 6) is 0.923. The number of hydrogen-bond acceptors (Lipinski definition) is 4. The molecule has 4 heteroatoms. The predicted molar refractivity (Wildman–Crippen MR) is 280 cm³/mol. The van der Waals surface area contributed by atoms with Crippen LogP contribution in [0.1, 0.15) is 122 Å². The van der Waals surface area contributed by atoms with Crippen LogP contribution in [0.3, 0.4) is 0 Å². The zero-order valence-electron chi connectivity index (χ0n) is 40.9. The van der Waals surface area contributed by atoms with Crippen LogP contribution < -0.4 is 14.5 Å². The lowest BCUT2D eigenvalue weighted by Crippen LogP contribution is -2.19. The molecule has 0 bridgehead atoms. The Bertz CT molecular complexity index is 3020. The highest BCUT2D eigenvalue weighted by Crippen LogP contribution is 2.48. The number of hydrogen-bond donors (Lipinski definition) is 0. The second-order valence-corrected chi connectivity index (χ2v) is 22.8. The van der Waals surface area contributed by atoms with Crippen LogP contribution >= 0.6 is 0 Å². The SMILES string of the molecule is CC(C)(C)c1ccc(N(c2ccc(C(C)(C)C)cc2)c2ccc3c(c2)OC2Cc4cc5oc6cc(N(c7ccc(C(C)(C)C)cc7)c7ccc(C(C)(C)C)cc7)ccc6c5cc4C=C32)cc1. The quantitative estimate of drug-likeness (QED) is 0.166. The van der Waals surface area contributed by atoms with Crippen LogP contribution in [0.25, 0.3) is 33.6 Å². The van der Waals surface area contributed by atoms with E-state index in [1.54, 1.807) is 0 Å². The van der Waals surface area contributed by atoms with Gasteiger partial charge in [-0.25, -0.2) is 0 Å². The third-order valence-electron chi connectivity index (χ3n) is 13.8. The second kappa shape index (κ2) is 15.5. The largest absolute Gasteiger partial charge is 0.485 e. The Morgan fingerprint density at radius 2 is 0.803 bits per heavy atom. The van der Waals surface area contributed by atoms with Crippen molar-refractivity contribution in [1.82, 2.24) is 0 Å². The standard InChI is InChI=1S/C62H64N2O2/c1-59(2,3)41-13-21-45(22-14-41)63(46-23-15-42(16-24-46)60(4,5)6)49-29-31-51-53-33-39-34-54-52-32-30-50(38-58(52)66-56(54)36-40(39)35-55(53)65-57(51)37-49)64(47-25-17-43(18-26-47)61(7,8)9)48-27-19-44(20-28-48)62(10,11)12/h13-35,37-38,56H,36H2,1-12H3. The number of furan rings is 1. The maximum atomic E-state index is 6.88. The zero-order chi connectivity index (χ0) is 46.5. The van der Waals surface area contributed by atoms with Crippen LogP contribution in [0.15, 0.2) is 150 Å². The molecule has 4 nitrogen and oxygen atoms in total. The van der Waals surface area contributed by atoms with E-state index in [0.29, 0.717) is 0 Å². The number of anilines is 6. The van der Waals surface area contributed by atoms with Gasteiger partial charge in [-0.1, -0.05) is 132 Å². The van der Waals surface area contributed by atoms with E-state index in [1.807, 2.05) is 0 Å². The van der Waals surface area contributed by atoms with E-state index in [2.05, 4.69) is 245 Å². The van der Waals surface area contributed by atoms with Crippen molar-refractivity contribution < 1.29 is 9.15 Å². The van der Waals surface area contributed by atoms with Crippen LogP contribution in [0.4, 0.5) is 34.1 Å². The van der Waals surface area contributed by atoms with Crippen molar-refractivity contribution in [3.05, 3.63) is 185 Å². The minimum absolute atomic E-state index is 0.0651. The predicted octanol–water partition coefficient (Wildman–Crippen LogP) is 17.6. The Labute approximate surface area is 392 Å². The first kappa shape index (κ1) is 43.4. The summed E-state index contributed by atoms with van der Waals surface area (Å²) < 4.78 is 13.6. The maximum absolute atomic E-state index is 6.88. The summed E-state index contributed by atoms with van der Waals surface area (Å²) in [4.78, 5) is 4.69. The number of rotatable bonds is 6. The summed E-state index contributed by atoms with van der Waals surface area (Å²) in [6.45, 7) is 27.2. The van der Waals surface area contributed by atoms with Crippen molar-refractivity contribution in [3.63, 3.8) is 0 Å². The van der Waals surface area contributed by atoms with Crippen LogP contribution in [0, 0.1) is 0 Å². The molecule has 7 aromatic carbocycles. The molecule has 2 aliphatic rings.